The Balaban J connectivity index is 3.34. The van der Waals surface area contributed by atoms with E-state index in [0.29, 0.717) is 12.8 Å². The fourth-order valence-electron chi connectivity index (χ4n) is 1.52. The number of rotatable bonds is 9. The van der Waals surface area contributed by atoms with E-state index in [0.717, 1.165) is 31.8 Å². The van der Waals surface area contributed by atoms with Crippen LogP contribution >= 0.6 is 0 Å². The van der Waals surface area contributed by atoms with Gasteiger partial charge in [-0.2, -0.15) is 13.2 Å². The fourth-order valence-corrected chi connectivity index (χ4v) is 1.52. The minimum atomic E-state index is -4.11. The Morgan fingerprint density at radius 2 is 1.78 bits per heavy atom. The van der Waals surface area contributed by atoms with E-state index in [2.05, 4.69) is 0 Å². The molecular weight excluding hydrogens is 245 g/mol. The van der Waals surface area contributed by atoms with Gasteiger partial charge in [0.1, 0.15) is 0 Å². The molecule has 18 heavy (non-hydrogen) atoms. The molecule has 5 heteroatoms. The van der Waals surface area contributed by atoms with Crippen molar-refractivity contribution in [1.29, 1.82) is 0 Å². The SMILES string of the molecule is CC(CCCCCC/C=C/CC(F)(F)F)C(=O)O. The van der Waals surface area contributed by atoms with Crippen molar-refractivity contribution in [2.45, 2.75) is 58.0 Å². The highest BCUT2D eigenvalue weighted by atomic mass is 19.4. The van der Waals surface area contributed by atoms with Crippen molar-refractivity contribution >= 4 is 5.97 Å². The van der Waals surface area contributed by atoms with Crippen LogP contribution in [0.3, 0.4) is 0 Å². The summed E-state index contributed by atoms with van der Waals surface area (Å²) in [5, 5.41) is 8.65. The van der Waals surface area contributed by atoms with Crippen LogP contribution in [0.5, 0.6) is 0 Å². The topological polar surface area (TPSA) is 37.3 Å². The van der Waals surface area contributed by atoms with E-state index in [-0.39, 0.29) is 5.92 Å². The molecule has 0 spiro atoms. The first-order chi connectivity index (χ1) is 8.33. The van der Waals surface area contributed by atoms with Crippen molar-refractivity contribution in [2.24, 2.45) is 5.92 Å². The number of carboxylic acids is 1. The molecule has 0 aromatic rings. The third-order valence-electron chi connectivity index (χ3n) is 2.70. The lowest BCUT2D eigenvalue weighted by atomic mass is 10.0. The first-order valence-corrected chi connectivity index (χ1v) is 6.27. The van der Waals surface area contributed by atoms with Gasteiger partial charge in [0.2, 0.25) is 0 Å². The molecule has 0 saturated heterocycles. The average molecular weight is 266 g/mol. The van der Waals surface area contributed by atoms with Gasteiger partial charge in [-0.25, -0.2) is 0 Å². The summed E-state index contributed by atoms with van der Waals surface area (Å²) >= 11 is 0. The lowest BCUT2D eigenvalue weighted by Gasteiger charge is -2.04. The summed E-state index contributed by atoms with van der Waals surface area (Å²) in [4.78, 5) is 10.5. The van der Waals surface area contributed by atoms with E-state index < -0.39 is 18.6 Å². The third kappa shape index (κ3) is 11.5. The van der Waals surface area contributed by atoms with Crippen LogP contribution in [-0.4, -0.2) is 17.3 Å². The zero-order valence-electron chi connectivity index (χ0n) is 10.7. The highest BCUT2D eigenvalue weighted by Crippen LogP contribution is 2.20. The largest absolute Gasteiger partial charge is 0.481 e. The number of allylic oxidation sites excluding steroid dienone is 2. The number of hydrogen-bond acceptors (Lipinski definition) is 1. The summed E-state index contributed by atoms with van der Waals surface area (Å²) < 4.78 is 35.3. The van der Waals surface area contributed by atoms with Crippen molar-refractivity contribution in [3.8, 4) is 0 Å². The second-order valence-electron chi connectivity index (χ2n) is 4.52. The van der Waals surface area contributed by atoms with E-state index >= 15 is 0 Å². The summed E-state index contributed by atoms with van der Waals surface area (Å²) in [5.41, 5.74) is 0. The molecule has 1 unspecified atom stereocenters. The molecule has 0 amide bonds. The average Bonchev–Trinajstić information content (AvgIpc) is 2.24. The van der Waals surface area contributed by atoms with Gasteiger partial charge in [-0.1, -0.05) is 38.3 Å². The molecular formula is C13H21F3O2. The second-order valence-corrected chi connectivity index (χ2v) is 4.52. The van der Waals surface area contributed by atoms with Gasteiger partial charge in [-0.15, -0.1) is 0 Å². The first kappa shape index (κ1) is 17.0. The summed E-state index contributed by atoms with van der Waals surface area (Å²) in [7, 11) is 0. The number of carboxylic acid groups (broad SMARTS) is 1. The Bertz CT molecular complexity index is 259. The summed E-state index contributed by atoms with van der Waals surface area (Å²) in [6.07, 6.45) is 2.67. The Hall–Kier alpha value is -1.00. The van der Waals surface area contributed by atoms with Gasteiger partial charge in [0.05, 0.1) is 12.3 Å². The number of alkyl halides is 3. The quantitative estimate of drug-likeness (QED) is 0.491. The Kier molecular flexibility index (Phi) is 8.50. The Morgan fingerprint density at radius 1 is 1.17 bits per heavy atom. The van der Waals surface area contributed by atoms with Gasteiger partial charge in [0.25, 0.3) is 0 Å². The molecule has 0 heterocycles. The molecule has 0 aromatic carbocycles. The molecule has 0 saturated carbocycles. The lowest BCUT2D eigenvalue weighted by Crippen LogP contribution is -2.08. The van der Waals surface area contributed by atoms with E-state index in [1.54, 1.807) is 13.0 Å². The number of hydrogen-bond donors (Lipinski definition) is 1. The molecule has 0 aromatic heterocycles. The third-order valence-corrected chi connectivity index (χ3v) is 2.70. The van der Waals surface area contributed by atoms with Gasteiger partial charge in [-0.05, 0) is 19.3 Å². The minimum absolute atomic E-state index is 0.309. The van der Waals surface area contributed by atoms with Crippen molar-refractivity contribution in [3.05, 3.63) is 12.2 Å². The highest BCUT2D eigenvalue weighted by molar-refractivity contribution is 5.69. The minimum Gasteiger partial charge on any atom is -0.481 e. The predicted octanol–water partition coefficient (Wildman–Crippen LogP) is 4.56. The van der Waals surface area contributed by atoms with Crippen molar-refractivity contribution in [1.82, 2.24) is 0 Å². The van der Waals surface area contributed by atoms with Crippen molar-refractivity contribution < 1.29 is 23.1 Å². The lowest BCUT2D eigenvalue weighted by molar-refractivity contribution is -0.141. The van der Waals surface area contributed by atoms with Gasteiger partial charge in [0, 0.05) is 0 Å². The molecule has 0 radical (unpaired) electrons. The Morgan fingerprint density at radius 3 is 2.33 bits per heavy atom. The van der Waals surface area contributed by atoms with E-state index in [1.807, 2.05) is 0 Å². The van der Waals surface area contributed by atoms with Gasteiger partial charge < -0.3 is 5.11 Å². The van der Waals surface area contributed by atoms with Crippen LogP contribution in [0.25, 0.3) is 0 Å². The zero-order valence-corrected chi connectivity index (χ0v) is 10.7. The molecule has 1 atom stereocenters. The molecule has 0 aliphatic rings. The number of halogens is 3. The van der Waals surface area contributed by atoms with Crippen LogP contribution in [-0.2, 0) is 4.79 Å². The second kappa shape index (κ2) is 9.00. The summed E-state index contributed by atoms with van der Waals surface area (Å²) in [6, 6.07) is 0. The summed E-state index contributed by atoms with van der Waals surface area (Å²) in [5.74, 6) is -1.08. The molecule has 2 nitrogen and oxygen atoms in total. The summed E-state index contributed by atoms with van der Waals surface area (Å²) in [6.45, 7) is 1.68. The fraction of sp³-hybridized carbons (Fsp3) is 0.769. The van der Waals surface area contributed by atoms with Crippen LogP contribution in [0.15, 0.2) is 12.2 Å². The smallest absolute Gasteiger partial charge is 0.392 e. The molecule has 106 valence electrons. The zero-order chi connectivity index (χ0) is 14.0. The van der Waals surface area contributed by atoms with E-state index in [9.17, 15) is 18.0 Å². The maximum absolute atomic E-state index is 11.8. The molecule has 0 rings (SSSR count). The maximum atomic E-state index is 11.8. The van der Waals surface area contributed by atoms with Gasteiger partial charge in [0.15, 0.2) is 0 Å². The van der Waals surface area contributed by atoms with Crippen LogP contribution in [0.4, 0.5) is 13.2 Å². The molecule has 0 bridgehead atoms. The van der Waals surface area contributed by atoms with Crippen molar-refractivity contribution in [3.63, 3.8) is 0 Å². The van der Waals surface area contributed by atoms with Crippen LogP contribution < -0.4 is 0 Å². The van der Waals surface area contributed by atoms with Gasteiger partial charge in [-0.3, -0.25) is 4.79 Å². The molecule has 0 aliphatic carbocycles. The number of aliphatic carboxylic acids is 1. The van der Waals surface area contributed by atoms with Gasteiger partial charge >= 0.3 is 12.1 Å². The standard InChI is InChI=1S/C13H21F3O2/c1-11(12(17)18)9-7-5-3-2-4-6-8-10-13(14,15)16/h6,8,11H,2-5,7,9-10H2,1H3,(H,17,18)/b8-6+. The molecule has 0 aliphatic heterocycles. The Labute approximate surface area is 106 Å². The van der Waals surface area contributed by atoms with Crippen LogP contribution in [0.2, 0.25) is 0 Å². The predicted molar refractivity (Wildman–Crippen MR) is 64.3 cm³/mol. The van der Waals surface area contributed by atoms with Crippen LogP contribution in [0.1, 0.15) is 51.9 Å². The molecule has 0 fully saturated rings. The highest BCUT2D eigenvalue weighted by Gasteiger charge is 2.24. The maximum Gasteiger partial charge on any atom is 0.392 e. The number of carbonyl (C=O) groups is 1. The normalized spacial score (nSPS) is 14.0. The number of unbranched alkanes of at least 4 members (excludes halogenated alkanes) is 4. The van der Waals surface area contributed by atoms with E-state index in [4.69, 9.17) is 5.11 Å². The van der Waals surface area contributed by atoms with Crippen molar-refractivity contribution in [2.75, 3.05) is 0 Å². The monoisotopic (exact) mass is 266 g/mol. The van der Waals surface area contributed by atoms with Crippen LogP contribution in [0, 0.1) is 5.92 Å². The molecule has 1 N–H and O–H groups in total. The van der Waals surface area contributed by atoms with E-state index in [1.165, 1.54) is 0 Å². The first-order valence-electron chi connectivity index (χ1n) is 6.27.